The van der Waals surface area contributed by atoms with Gasteiger partial charge in [0.15, 0.2) is 0 Å². The number of nitrogens with zero attached hydrogens (tertiary/aromatic N) is 1. The van der Waals surface area contributed by atoms with Gasteiger partial charge in [-0.15, -0.1) is 12.4 Å². The van der Waals surface area contributed by atoms with Crippen LogP contribution < -0.4 is 5.84 Å². The summed E-state index contributed by atoms with van der Waals surface area (Å²) >= 11 is 11.7. The fourth-order valence-electron chi connectivity index (χ4n) is 1.40. The minimum Gasteiger partial charge on any atom is -0.339 e. The number of halogens is 3. The van der Waals surface area contributed by atoms with Crippen LogP contribution >= 0.6 is 35.6 Å². The molecule has 0 aliphatic rings. The molecule has 0 fully saturated rings. The maximum atomic E-state index is 12.0. The predicted molar refractivity (Wildman–Crippen MR) is 71.7 cm³/mol. The fraction of sp³-hybridized carbons (Fsp3) is 0. The zero-order valence-electron chi connectivity index (χ0n) is 8.56. The number of carbonyl (C=O) groups excluding carboxylic acids is 1. The van der Waals surface area contributed by atoms with E-state index in [4.69, 9.17) is 29.0 Å². The van der Waals surface area contributed by atoms with Gasteiger partial charge in [0.25, 0.3) is 0 Å². The van der Waals surface area contributed by atoms with Gasteiger partial charge >= 0.3 is 0 Å². The summed E-state index contributed by atoms with van der Waals surface area (Å²) in [6.07, 6.45) is 1.59. The summed E-state index contributed by atoms with van der Waals surface area (Å²) < 4.78 is 1.26. The standard InChI is InChI=1S/C11H8Cl2N2O.ClH/c12-7-3-4-8(9(13)6-7)11(16)10-2-1-5-15(10)14;/h1-6H,14H2;1H. The first-order chi connectivity index (χ1) is 7.59. The van der Waals surface area contributed by atoms with Crippen LogP contribution in [0.3, 0.4) is 0 Å². The van der Waals surface area contributed by atoms with Gasteiger partial charge in [-0.1, -0.05) is 23.2 Å². The average Bonchev–Trinajstić information content (AvgIpc) is 2.63. The molecule has 0 amide bonds. The monoisotopic (exact) mass is 290 g/mol. The van der Waals surface area contributed by atoms with Crippen molar-refractivity contribution in [2.75, 3.05) is 5.84 Å². The first-order valence-electron chi connectivity index (χ1n) is 4.52. The van der Waals surface area contributed by atoms with Crippen molar-refractivity contribution in [3.8, 4) is 0 Å². The van der Waals surface area contributed by atoms with Crippen molar-refractivity contribution in [3.05, 3.63) is 57.8 Å². The van der Waals surface area contributed by atoms with E-state index in [1.165, 1.54) is 10.7 Å². The summed E-state index contributed by atoms with van der Waals surface area (Å²) in [5.74, 6) is 5.36. The van der Waals surface area contributed by atoms with Crippen molar-refractivity contribution in [3.63, 3.8) is 0 Å². The van der Waals surface area contributed by atoms with Crippen molar-refractivity contribution < 1.29 is 4.79 Å². The van der Waals surface area contributed by atoms with Crippen LogP contribution in [0.2, 0.25) is 10.0 Å². The van der Waals surface area contributed by atoms with Gasteiger partial charge in [-0.2, -0.15) is 0 Å². The Morgan fingerprint density at radius 3 is 2.47 bits per heavy atom. The fourth-order valence-corrected chi connectivity index (χ4v) is 1.89. The molecular weight excluding hydrogens is 282 g/mol. The summed E-state index contributed by atoms with van der Waals surface area (Å²) in [4.78, 5) is 12.0. The Morgan fingerprint density at radius 2 is 1.94 bits per heavy atom. The first kappa shape index (κ1) is 13.9. The molecule has 0 unspecified atom stereocenters. The minimum atomic E-state index is -0.228. The van der Waals surface area contributed by atoms with E-state index in [-0.39, 0.29) is 18.2 Å². The molecule has 0 atom stereocenters. The van der Waals surface area contributed by atoms with E-state index in [1.54, 1.807) is 30.5 Å². The molecule has 0 radical (unpaired) electrons. The second-order valence-electron chi connectivity index (χ2n) is 3.25. The molecule has 0 saturated carbocycles. The molecule has 3 nitrogen and oxygen atoms in total. The first-order valence-corrected chi connectivity index (χ1v) is 5.27. The van der Waals surface area contributed by atoms with Crippen molar-refractivity contribution in [2.24, 2.45) is 0 Å². The van der Waals surface area contributed by atoms with Crippen molar-refractivity contribution in [2.45, 2.75) is 0 Å². The maximum absolute atomic E-state index is 12.0. The number of carbonyl (C=O) groups is 1. The Balaban J connectivity index is 0.00000144. The maximum Gasteiger partial charge on any atom is 0.212 e. The van der Waals surface area contributed by atoms with Gasteiger partial charge in [-0.25, -0.2) is 0 Å². The lowest BCUT2D eigenvalue weighted by atomic mass is 10.1. The molecule has 2 aromatic rings. The molecule has 2 rings (SSSR count). The summed E-state index contributed by atoms with van der Waals surface area (Å²) in [6, 6.07) is 8.05. The van der Waals surface area contributed by atoms with E-state index in [9.17, 15) is 4.79 Å². The highest BCUT2D eigenvalue weighted by Gasteiger charge is 2.15. The van der Waals surface area contributed by atoms with E-state index in [0.29, 0.717) is 21.3 Å². The van der Waals surface area contributed by atoms with Crippen LogP contribution in [0.5, 0.6) is 0 Å². The highest BCUT2D eigenvalue weighted by atomic mass is 35.5. The largest absolute Gasteiger partial charge is 0.339 e. The molecule has 0 saturated heterocycles. The van der Waals surface area contributed by atoms with Crippen LogP contribution in [0.15, 0.2) is 36.5 Å². The Hall–Kier alpha value is -1.16. The number of nitrogens with two attached hydrogens (primary N) is 1. The van der Waals surface area contributed by atoms with Gasteiger partial charge in [-0.3, -0.25) is 9.47 Å². The lowest BCUT2D eigenvalue weighted by Gasteiger charge is -2.04. The predicted octanol–water partition coefficient (Wildman–Crippen LogP) is 3.16. The zero-order valence-corrected chi connectivity index (χ0v) is 10.9. The van der Waals surface area contributed by atoms with Crippen molar-refractivity contribution in [1.82, 2.24) is 4.68 Å². The van der Waals surface area contributed by atoms with Crippen LogP contribution in [-0.4, -0.2) is 10.5 Å². The van der Waals surface area contributed by atoms with Crippen molar-refractivity contribution in [1.29, 1.82) is 0 Å². The molecule has 90 valence electrons. The normalized spacial score (nSPS) is 9.76. The number of aromatic nitrogens is 1. The molecule has 0 spiro atoms. The van der Waals surface area contributed by atoms with E-state index in [1.807, 2.05) is 0 Å². The molecule has 1 aromatic carbocycles. The third-order valence-corrected chi connectivity index (χ3v) is 2.74. The minimum absolute atomic E-state index is 0. The molecule has 0 bridgehead atoms. The second-order valence-corrected chi connectivity index (χ2v) is 4.10. The molecule has 2 N–H and O–H groups in total. The summed E-state index contributed by atoms with van der Waals surface area (Å²) in [7, 11) is 0. The molecule has 0 aliphatic heterocycles. The molecule has 17 heavy (non-hydrogen) atoms. The Bertz CT molecular complexity index is 551. The molecular formula is C11H9Cl3N2O. The van der Waals surface area contributed by atoms with Crippen LogP contribution in [0.25, 0.3) is 0 Å². The summed E-state index contributed by atoms with van der Waals surface area (Å²) in [6.45, 7) is 0. The quantitative estimate of drug-likeness (QED) is 0.682. The Kier molecular flexibility index (Phi) is 4.46. The summed E-state index contributed by atoms with van der Waals surface area (Å²) in [5, 5.41) is 0.809. The summed E-state index contributed by atoms with van der Waals surface area (Å²) in [5.41, 5.74) is 0.765. The van der Waals surface area contributed by atoms with Gasteiger partial charge in [0.1, 0.15) is 5.69 Å². The number of hydrogen-bond donors (Lipinski definition) is 1. The van der Waals surface area contributed by atoms with Gasteiger partial charge < -0.3 is 5.84 Å². The lowest BCUT2D eigenvalue weighted by Crippen LogP contribution is -2.16. The van der Waals surface area contributed by atoms with Crippen LogP contribution in [0.1, 0.15) is 16.1 Å². The van der Waals surface area contributed by atoms with E-state index >= 15 is 0 Å². The van der Waals surface area contributed by atoms with E-state index in [2.05, 4.69) is 0 Å². The molecule has 0 aliphatic carbocycles. The highest BCUT2D eigenvalue weighted by Crippen LogP contribution is 2.23. The molecule has 6 heteroatoms. The average molecular weight is 292 g/mol. The number of nitrogen functional groups attached to an aromatic ring is 1. The third kappa shape index (κ3) is 2.75. The van der Waals surface area contributed by atoms with Gasteiger partial charge in [0.05, 0.1) is 5.02 Å². The van der Waals surface area contributed by atoms with E-state index < -0.39 is 0 Å². The van der Waals surface area contributed by atoms with Crippen LogP contribution in [-0.2, 0) is 0 Å². The number of ketones is 1. The van der Waals surface area contributed by atoms with Crippen molar-refractivity contribution >= 4 is 41.4 Å². The lowest BCUT2D eigenvalue weighted by molar-refractivity contribution is 0.103. The Labute approximate surface area is 115 Å². The SMILES string of the molecule is Cl.Nn1cccc1C(=O)c1ccc(Cl)cc1Cl. The van der Waals surface area contributed by atoms with Gasteiger partial charge in [0.2, 0.25) is 5.78 Å². The van der Waals surface area contributed by atoms with Gasteiger partial charge in [-0.05, 0) is 30.3 Å². The van der Waals surface area contributed by atoms with Crippen LogP contribution in [0, 0.1) is 0 Å². The molecule has 1 heterocycles. The van der Waals surface area contributed by atoms with Crippen LogP contribution in [0.4, 0.5) is 0 Å². The van der Waals surface area contributed by atoms with Gasteiger partial charge in [0, 0.05) is 16.8 Å². The highest BCUT2D eigenvalue weighted by molar-refractivity contribution is 6.37. The Morgan fingerprint density at radius 1 is 1.24 bits per heavy atom. The zero-order chi connectivity index (χ0) is 11.7. The number of hydrogen-bond acceptors (Lipinski definition) is 2. The third-order valence-electron chi connectivity index (χ3n) is 2.19. The molecule has 1 aromatic heterocycles. The van der Waals surface area contributed by atoms with E-state index in [0.717, 1.165) is 0 Å². The number of rotatable bonds is 2. The number of benzene rings is 1. The smallest absolute Gasteiger partial charge is 0.212 e. The topological polar surface area (TPSA) is 48.0 Å². The second kappa shape index (κ2) is 5.45.